The lowest BCUT2D eigenvalue weighted by Crippen LogP contribution is -2.26. The minimum Gasteiger partial charge on any atom is -0.259 e. The summed E-state index contributed by atoms with van der Waals surface area (Å²) in [6.45, 7) is 0.378. The van der Waals surface area contributed by atoms with Gasteiger partial charge in [0, 0.05) is 38.4 Å². The molecule has 47 heavy (non-hydrogen) atoms. The third-order valence-corrected chi connectivity index (χ3v) is 8.76. The first-order valence-corrected chi connectivity index (χ1v) is 15.7. The number of hydrogen-bond donors (Lipinski definition) is 0. The molecule has 3 heterocycles. The van der Waals surface area contributed by atoms with Crippen molar-refractivity contribution >= 4 is 21.7 Å². The second kappa shape index (κ2) is 11.2. The van der Waals surface area contributed by atoms with Crippen LogP contribution >= 0.6 is 0 Å². The Morgan fingerprint density at radius 2 is 0.979 bits per heavy atom. The number of para-hydroxylation sites is 1. The predicted molar refractivity (Wildman–Crippen MR) is 189 cm³/mol. The molecule has 0 radical (unpaired) electrons. The van der Waals surface area contributed by atoms with Gasteiger partial charge in [-0.05, 0) is 29.3 Å². The first-order valence-electron chi connectivity index (χ1n) is 15.7. The molecule has 6 aromatic carbocycles. The van der Waals surface area contributed by atoms with Crippen molar-refractivity contribution in [3.63, 3.8) is 0 Å². The van der Waals surface area contributed by atoms with Gasteiger partial charge in [0.25, 0.3) is 0 Å². The fourth-order valence-corrected chi connectivity index (χ4v) is 6.50. The van der Waals surface area contributed by atoms with Gasteiger partial charge in [-0.15, -0.1) is 0 Å². The molecule has 0 bridgehead atoms. The molecule has 1 aliphatic rings. The zero-order chi connectivity index (χ0) is 31.2. The normalized spacial score (nSPS) is 12.1. The van der Waals surface area contributed by atoms with Gasteiger partial charge in [0.2, 0.25) is 0 Å². The highest BCUT2D eigenvalue weighted by molar-refractivity contribution is 6.11. The highest BCUT2D eigenvalue weighted by atomic mass is 15.0. The third kappa shape index (κ3) is 4.77. The zero-order valence-electron chi connectivity index (χ0n) is 25.4. The van der Waals surface area contributed by atoms with Gasteiger partial charge < -0.3 is 0 Å². The number of benzene rings is 6. The molecule has 8 aromatic rings. The standard InChI is InChI=1S/C42H27N5/c1-4-12-27(13-5-1)28-20-22-31(23-21-28)42-46-36(29-14-6-2-7-15-29)25-37(47-42)33-24-34-38(41-40(33)43-26-44-41)32-18-10-11-19-35(32)45-39(34)30-16-8-3-9-17-30/h1-25H,26H2. The van der Waals surface area contributed by atoms with Crippen LogP contribution in [0.1, 0.15) is 0 Å². The van der Waals surface area contributed by atoms with Gasteiger partial charge in [0.1, 0.15) is 6.67 Å². The monoisotopic (exact) mass is 601 g/mol. The SMILES string of the molecule is c1ccc(-c2ccc(-c3nc(-c4ccccc4)cc(-c4cc5c(-c6ccccc6)nc6ccccc6c5c5c4=NCN=5)n3)cc2)cc1. The smallest absolute Gasteiger partial charge is 0.160 e. The fraction of sp³-hybridized carbons (Fsp3) is 0.0238. The number of fused-ring (bicyclic) bond motifs is 5. The van der Waals surface area contributed by atoms with Crippen LogP contribution in [0.5, 0.6) is 0 Å². The van der Waals surface area contributed by atoms with Crippen LogP contribution in [0, 0.1) is 0 Å². The molecule has 0 aliphatic carbocycles. The average molecular weight is 602 g/mol. The largest absolute Gasteiger partial charge is 0.259 e. The van der Waals surface area contributed by atoms with E-state index in [0.29, 0.717) is 12.5 Å². The predicted octanol–water partition coefficient (Wildman–Crippen LogP) is 8.72. The molecule has 220 valence electrons. The van der Waals surface area contributed by atoms with Crippen LogP contribution in [0.4, 0.5) is 0 Å². The summed E-state index contributed by atoms with van der Waals surface area (Å²) in [7, 11) is 0. The van der Waals surface area contributed by atoms with Crippen molar-refractivity contribution in [2.75, 3.05) is 6.67 Å². The van der Waals surface area contributed by atoms with Crippen molar-refractivity contribution in [1.82, 2.24) is 15.0 Å². The maximum atomic E-state index is 5.22. The molecule has 9 rings (SSSR count). The Morgan fingerprint density at radius 1 is 0.404 bits per heavy atom. The van der Waals surface area contributed by atoms with Gasteiger partial charge in [-0.3, -0.25) is 9.98 Å². The van der Waals surface area contributed by atoms with Crippen LogP contribution < -0.4 is 10.7 Å². The second-order valence-electron chi connectivity index (χ2n) is 11.6. The summed E-state index contributed by atoms with van der Waals surface area (Å²) in [5.41, 5.74) is 9.76. The first-order chi connectivity index (χ1) is 23.3. The molecule has 2 aromatic heterocycles. The summed E-state index contributed by atoms with van der Waals surface area (Å²) < 4.78 is 0. The van der Waals surface area contributed by atoms with Crippen molar-refractivity contribution in [1.29, 1.82) is 0 Å². The van der Waals surface area contributed by atoms with E-state index in [0.717, 1.165) is 77.3 Å². The van der Waals surface area contributed by atoms with Crippen LogP contribution in [0.2, 0.25) is 0 Å². The van der Waals surface area contributed by atoms with Crippen molar-refractivity contribution in [2.45, 2.75) is 0 Å². The van der Waals surface area contributed by atoms with E-state index in [4.69, 9.17) is 24.9 Å². The van der Waals surface area contributed by atoms with Crippen molar-refractivity contribution < 1.29 is 0 Å². The molecule has 0 N–H and O–H groups in total. The molecule has 0 fully saturated rings. The average Bonchev–Trinajstić information content (AvgIpc) is 3.65. The molecule has 0 spiro atoms. The van der Waals surface area contributed by atoms with Gasteiger partial charge >= 0.3 is 0 Å². The summed E-state index contributed by atoms with van der Waals surface area (Å²) in [4.78, 5) is 25.4. The second-order valence-corrected chi connectivity index (χ2v) is 11.6. The maximum Gasteiger partial charge on any atom is 0.160 e. The van der Waals surface area contributed by atoms with E-state index in [2.05, 4.69) is 115 Å². The highest BCUT2D eigenvalue weighted by Crippen LogP contribution is 2.34. The fourth-order valence-electron chi connectivity index (χ4n) is 6.50. The van der Waals surface area contributed by atoms with Gasteiger partial charge in [-0.25, -0.2) is 15.0 Å². The summed E-state index contributed by atoms with van der Waals surface area (Å²) in [5.74, 6) is 0.657. The zero-order valence-corrected chi connectivity index (χ0v) is 25.4. The third-order valence-electron chi connectivity index (χ3n) is 8.76. The van der Waals surface area contributed by atoms with Crippen LogP contribution in [0.3, 0.4) is 0 Å². The number of rotatable bonds is 5. The molecular weight excluding hydrogens is 574 g/mol. The Morgan fingerprint density at radius 3 is 1.72 bits per heavy atom. The molecule has 0 atom stereocenters. The van der Waals surface area contributed by atoms with Crippen molar-refractivity contribution in [3.8, 4) is 56.3 Å². The maximum absolute atomic E-state index is 5.22. The summed E-state index contributed by atoms with van der Waals surface area (Å²) in [6, 6.07) is 52.1. The minimum absolute atomic E-state index is 0.378. The topological polar surface area (TPSA) is 63.4 Å². The number of nitrogens with zero attached hydrogens (tertiary/aromatic N) is 5. The first kappa shape index (κ1) is 27.0. The molecule has 5 nitrogen and oxygen atoms in total. The molecule has 0 amide bonds. The van der Waals surface area contributed by atoms with Crippen LogP contribution in [0.15, 0.2) is 162 Å². The summed E-state index contributed by atoms with van der Waals surface area (Å²) in [5, 5.41) is 4.91. The van der Waals surface area contributed by atoms with Crippen LogP contribution in [0.25, 0.3) is 78.0 Å². The lowest BCUT2D eigenvalue weighted by Gasteiger charge is -2.13. The Kier molecular flexibility index (Phi) is 6.46. The Bertz CT molecular complexity index is 2570. The lowest BCUT2D eigenvalue weighted by molar-refractivity contribution is 1.06. The molecule has 0 unspecified atom stereocenters. The summed E-state index contributed by atoms with van der Waals surface area (Å²) >= 11 is 0. The Labute approximate surface area is 271 Å². The van der Waals surface area contributed by atoms with E-state index in [1.807, 2.05) is 36.4 Å². The Balaban J connectivity index is 1.31. The van der Waals surface area contributed by atoms with E-state index < -0.39 is 0 Å². The lowest BCUT2D eigenvalue weighted by atomic mass is 9.95. The molecule has 1 aliphatic heterocycles. The van der Waals surface area contributed by atoms with Gasteiger partial charge in [-0.1, -0.05) is 133 Å². The quantitative estimate of drug-likeness (QED) is 0.185. The molecule has 0 saturated heterocycles. The number of aromatic nitrogens is 3. The van der Waals surface area contributed by atoms with E-state index in [-0.39, 0.29) is 0 Å². The summed E-state index contributed by atoms with van der Waals surface area (Å²) in [6.07, 6.45) is 0. The minimum atomic E-state index is 0.378. The van der Waals surface area contributed by atoms with Gasteiger partial charge in [0.15, 0.2) is 5.82 Å². The Hall–Kier alpha value is -6.33. The van der Waals surface area contributed by atoms with Gasteiger partial charge in [0.05, 0.1) is 33.3 Å². The van der Waals surface area contributed by atoms with Crippen LogP contribution in [-0.4, -0.2) is 21.6 Å². The highest BCUT2D eigenvalue weighted by Gasteiger charge is 2.20. The van der Waals surface area contributed by atoms with Crippen LogP contribution in [-0.2, 0) is 0 Å². The van der Waals surface area contributed by atoms with Gasteiger partial charge in [-0.2, -0.15) is 0 Å². The van der Waals surface area contributed by atoms with Crippen molar-refractivity contribution in [2.24, 2.45) is 9.98 Å². The van der Waals surface area contributed by atoms with E-state index in [9.17, 15) is 0 Å². The molecular formula is C42H27N5. The number of hydrogen-bond acceptors (Lipinski definition) is 5. The number of pyridine rings is 1. The van der Waals surface area contributed by atoms with E-state index in [1.165, 1.54) is 5.56 Å². The molecule has 0 saturated carbocycles. The van der Waals surface area contributed by atoms with Crippen molar-refractivity contribution in [3.05, 3.63) is 162 Å². The van der Waals surface area contributed by atoms with E-state index >= 15 is 0 Å². The molecule has 5 heteroatoms. The van der Waals surface area contributed by atoms with E-state index in [1.54, 1.807) is 0 Å².